The third kappa shape index (κ3) is 21.8. The standard InChI is InChI=1S/C85H96O49/c1-29-52(92)60(100)65(105)79(121-29)120-28-50-57(97)63(103)68(108)82(130-50)126-45-22-40-41(89)20-39(21-44(40)125-72(45)34-18-42(90)53(93)43(91)19-34)124-84-70(110)74(59(99)51(132-84)27-119-78(115)33-8-16-38(17-9-33)123-81-67(107)62(102)55(95)48(129-81)25-117-76(113)31-4-12-36(88)13-5-31)134-85-71(111)73(58(98)46(23-86)127-85)133-83-69(109)64(104)56(96)49(131-83)26-118-77(114)32-6-14-37(15-7-32)122-80-66(106)61(101)54(94)47(128-80)24-116-75(112)30-2-10-35(87)11-3-30/h2-22,29,46-52,54-71,73-74,79-86,92,94-111H,23-28H2,1H3,(H5-,87,88,89,90,91,93,112,113)/p+1/t29-,46+,47+,48+,49+,50+,51+,52-,54+,55+,56+,57+,58+,59+,60+,61-,62-,63-,64-,65+,66+,67+,68+,69+,70+,71+,73-,74-,79+,80+,81+,82+,83-,84+,85-/m0/s1. The van der Waals surface area contributed by atoms with Crippen molar-refractivity contribution in [1.29, 1.82) is 0 Å². The van der Waals surface area contributed by atoms with Gasteiger partial charge in [-0.15, -0.1) is 0 Å². The summed E-state index contributed by atoms with van der Waals surface area (Å²) in [6.45, 7) is -3.88. The average Bonchev–Trinajstić information content (AvgIpc) is 0.767. The Bertz CT molecular complexity index is 5130. The number of ether oxygens (including phenoxy) is 18. The number of fused-ring (bicyclic) bond motifs is 1. The van der Waals surface area contributed by atoms with E-state index < -0.39 is 324 Å². The molecule has 0 bridgehead atoms. The van der Waals surface area contributed by atoms with Crippen molar-refractivity contribution >= 4 is 34.8 Å². The number of aliphatic hydroxyl groups is 20. The molecule has 0 saturated carbocycles. The maximum atomic E-state index is 14.0. The molecule has 0 spiro atoms. The molecule has 49 heteroatoms. The number of hydrogen-bond donors (Lipinski definition) is 26. The summed E-state index contributed by atoms with van der Waals surface area (Å²) in [5.41, 5.74) is -1.28. The second-order valence-electron chi connectivity index (χ2n) is 32.2. The SMILES string of the molecule is C[C@@H]1O[C@@H](OC[C@H]2O[C@@H](Oc3cc4c(O)cc(O[C@@H]5O[C@H](COC(=O)c6ccc(O[C@@H]7O[C@H](COC(=O)c8ccc(O)cc8)[C@@H](O)[C@H](O)[C@H]7O)cc6)[C@@H](O)[C@H](O[C@@H]6O[C@H](CO)[C@@H](O)[C@H](O[C@@H]7O[C@H](COC(=O)c8ccc(O[C@@H]9O[C@H](COC(=O)c%10ccc(O)cc%10)[C@@H](O)[C@H](O)[C@H]9O)cc8)[C@@H](O)[C@H](O)[C@H]7O)[C@H]6O)[C@H]5O)cc4[o+]c3-c3cc(O)c(O)c(O)c3)[C@H](O)[C@@H](O)[C@@H]2O)[C@H](O)[C@H](O)[C@H]1O. The van der Waals surface area contributed by atoms with Crippen LogP contribution < -0.4 is 18.9 Å². The van der Waals surface area contributed by atoms with Crippen molar-refractivity contribution in [1.82, 2.24) is 0 Å². The van der Waals surface area contributed by atoms with Crippen LogP contribution in [0.5, 0.6) is 57.5 Å². The topological polar surface area (TPSA) is 772 Å². The first-order valence-electron chi connectivity index (χ1n) is 41.3. The van der Waals surface area contributed by atoms with Crippen LogP contribution in [0, 0.1) is 0 Å². The van der Waals surface area contributed by atoms with E-state index in [2.05, 4.69) is 0 Å². The number of benzene rings is 6. The van der Waals surface area contributed by atoms with Crippen molar-refractivity contribution < 1.29 is 242 Å². The minimum atomic E-state index is -2.42. The van der Waals surface area contributed by atoms with E-state index in [1.807, 2.05) is 0 Å². The molecule has 0 amide bonds. The summed E-state index contributed by atoms with van der Waals surface area (Å²) in [4.78, 5) is 52.9. The number of aromatic hydroxyl groups is 6. The van der Waals surface area contributed by atoms with Gasteiger partial charge in [-0.2, -0.15) is 0 Å². The minimum Gasteiger partial charge on any atom is -0.508 e. The molecule has 8 heterocycles. The first kappa shape index (κ1) is 99.4. The van der Waals surface area contributed by atoms with Gasteiger partial charge in [0, 0.05) is 24.3 Å². The lowest BCUT2D eigenvalue weighted by molar-refractivity contribution is -0.377. The zero-order valence-electron chi connectivity index (χ0n) is 69.6. The Morgan fingerprint density at radius 2 is 0.642 bits per heavy atom. The maximum Gasteiger partial charge on any atom is 0.402 e. The summed E-state index contributed by atoms with van der Waals surface area (Å²) in [6.07, 6.45) is -68.3. The largest absolute Gasteiger partial charge is 0.508 e. The summed E-state index contributed by atoms with van der Waals surface area (Å²) in [5, 5.41) is 285. The number of carbonyl (C=O) groups is 4. The molecule has 7 aliphatic heterocycles. The Kier molecular flexibility index (Phi) is 31.4. The fourth-order valence-electron chi connectivity index (χ4n) is 15.2. The quantitative estimate of drug-likeness (QED) is 0.00897. The van der Waals surface area contributed by atoms with E-state index in [4.69, 9.17) is 89.7 Å². The van der Waals surface area contributed by atoms with Gasteiger partial charge in [0.25, 0.3) is 0 Å². The van der Waals surface area contributed by atoms with Gasteiger partial charge in [0.15, 0.2) is 36.1 Å². The fraction of sp³-hybridized carbons (Fsp3) is 0.494. The summed E-state index contributed by atoms with van der Waals surface area (Å²) < 4.78 is 109. The lowest BCUT2D eigenvalue weighted by Gasteiger charge is -2.48. The molecule has 0 aliphatic carbocycles. The van der Waals surface area contributed by atoms with Crippen LogP contribution in [0.25, 0.3) is 22.3 Å². The van der Waals surface area contributed by atoms with E-state index in [1.165, 1.54) is 67.6 Å². The van der Waals surface area contributed by atoms with Crippen LogP contribution in [0.15, 0.2) is 132 Å². The van der Waals surface area contributed by atoms with Gasteiger partial charge in [0.1, 0.15) is 231 Å². The van der Waals surface area contributed by atoms with E-state index in [-0.39, 0.29) is 56.2 Å². The highest BCUT2D eigenvalue weighted by molar-refractivity contribution is 5.92. The third-order valence-corrected chi connectivity index (χ3v) is 23.0. The second kappa shape index (κ2) is 42.4. The highest BCUT2D eigenvalue weighted by Crippen LogP contribution is 2.47. The van der Waals surface area contributed by atoms with Crippen LogP contribution in [0.2, 0.25) is 0 Å². The Balaban J connectivity index is 0.685. The van der Waals surface area contributed by atoms with E-state index in [0.717, 1.165) is 66.7 Å². The first-order chi connectivity index (χ1) is 63.7. The fourth-order valence-corrected chi connectivity index (χ4v) is 15.2. The van der Waals surface area contributed by atoms with Crippen molar-refractivity contribution in [3.63, 3.8) is 0 Å². The lowest BCUT2D eigenvalue weighted by Crippen LogP contribution is -2.67. The second-order valence-corrected chi connectivity index (χ2v) is 32.2. The highest BCUT2D eigenvalue weighted by atomic mass is 16.8. The van der Waals surface area contributed by atoms with Gasteiger partial charge in [0.05, 0.1) is 53.2 Å². The maximum absolute atomic E-state index is 14.0. The Morgan fingerprint density at radius 1 is 0.313 bits per heavy atom. The normalized spacial score (nSPS) is 35.6. The van der Waals surface area contributed by atoms with Crippen molar-refractivity contribution in [3.05, 3.63) is 150 Å². The Morgan fingerprint density at radius 3 is 1.07 bits per heavy atom. The summed E-state index contributed by atoms with van der Waals surface area (Å²) in [7, 11) is 0. The molecule has 7 fully saturated rings. The molecule has 7 aliphatic rings. The van der Waals surface area contributed by atoms with Gasteiger partial charge in [-0.3, -0.25) is 0 Å². The van der Waals surface area contributed by atoms with Gasteiger partial charge < -0.3 is 218 Å². The Labute approximate surface area is 753 Å². The highest BCUT2D eigenvalue weighted by Gasteiger charge is 2.57. The number of hydrogen-bond acceptors (Lipinski definition) is 48. The van der Waals surface area contributed by atoms with Gasteiger partial charge in [-0.25, -0.2) is 23.6 Å². The van der Waals surface area contributed by atoms with Gasteiger partial charge in [0.2, 0.25) is 30.9 Å². The number of rotatable bonds is 29. The Hall–Kier alpha value is -10.6. The molecule has 26 N–H and O–H groups in total. The van der Waals surface area contributed by atoms with Crippen LogP contribution in [0.4, 0.5) is 0 Å². The number of aliphatic hydroxyl groups excluding tert-OH is 20. The molecule has 14 rings (SSSR count). The average molecular weight is 1900 g/mol. The first-order valence-corrected chi connectivity index (χ1v) is 41.3. The van der Waals surface area contributed by atoms with Crippen molar-refractivity contribution in [2.75, 3.05) is 39.6 Å². The van der Waals surface area contributed by atoms with E-state index in [1.54, 1.807) is 0 Å². The molecule has 6 aromatic carbocycles. The zero-order chi connectivity index (χ0) is 96.4. The lowest BCUT2D eigenvalue weighted by atomic mass is 9.96. The number of carbonyl (C=O) groups excluding carboxylic acids is 4. The van der Waals surface area contributed by atoms with Crippen LogP contribution in [0.1, 0.15) is 48.4 Å². The number of esters is 4. The van der Waals surface area contributed by atoms with Crippen LogP contribution in [0.3, 0.4) is 0 Å². The minimum absolute atomic E-state index is 0.00112. The predicted molar refractivity (Wildman–Crippen MR) is 429 cm³/mol. The predicted octanol–water partition coefficient (Wildman–Crippen LogP) is -6.71. The molecule has 730 valence electrons. The molecule has 7 aromatic rings. The third-order valence-electron chi connectivity index (χ3n) is 23.0. The smallest absolute Gasteiger partial charge is 0.402 e. The molecule has 35 atom stereocenters. The van der Waals surface area contributed by atoms with Crippen molar-refractivity contribution in [3.8, 4) is 68.8 Å². The van der Waals surface area contributed by atoms with Crippen molar-refractivity contribution in [2.24, 2.45) is 0 Å². The molecule has 134 heavy (non-hydrogen) atoms. The number of phenols is 6. The zero-order valence-corrected chi connectivity index (χ0v) is 69.6. The molecule has 0 radical (unpaired) electrons. The molecular weight excluding hydrogens is 1800 g/mol. The van der Waals surface area contributed by atoms with Crippen LogP contribution in [-0.2, 0) is 66.3 Å². The summed E-state index contributed by atoms with van der Waals surface area (Å²) in [5.74, 6) is -10.1. The van der Waals surface area contributed by atoms with Gasteiger partial charge >= 0.3 is 35.2 Å². The molecule has 49 nitrogen and oxygen atoms in total. The number of phenolic OH excluding ortho intramolecular Hbond substituents is 6. The van der Waals surface area contributed by atoms with Crippen LogP contribution >= 0.6 is 0 Å². The van der Waals surface area contributed by atoms with Crippen LogP contribution in [-0.4, -0.2) is 411 Å². The molecular formula is C85H97O49+. The monoisotopic (exact) mass is 1900 g/mol. The van der Waals surface area contributed by atoms with Gasteiger partial charge in [-0.05, 0) is 104 Å². The van der Waals surface area contributed by atoms with E-state index in [9.17, 15) is 152 Å². The summed E-state index contributed by atoms with van der Waals surface area (Å²) in [6, 6.07) is 23.7. The van der Waals surface area contributed by atoms with E-state index >= 15 is 0 Å². The van der Waals surface area contributed by atoms with Crippen molar-refractivity contribution in [2.45, 2.75) is 222 Å². The molecule has 7 saturated heterocycles. The van der Waals surface area contributed by atoms with Gasteiger partial charge in [-0.1, -0.05) is 0 Å². The molecule has 0 unspecified atom stereocenters. The molecule has 1 aromatic heterocycles. The summed E-state index contributed by atoms with van der Waals surface area (Å²) >= 11 is 0. The van der Waals surface area contributed by atoms with E-state index in [0.29, 0.717) is 0 Å².